The highest BCUT2D eigenvalue weighted by Gasteiger charge is 2.19. The summed E-state index contributed by atoms with van der Waals surface area (Å²) < 4.78 is 1.99. The van der Waals surface area contributed by atoms with Crippen LogP contribution in [0.3, 0.4) is 0 Å². The van der Waals surface area contributed by atoms with E-state index in [9.17, 15) is 4.79 Å². The standard InChI is InChI=1S/C16H21N3O/c1-3-12(2)15(17)16(20)18-13-7-6-8-14(11-13)19-9-4-5-10-19/h4-12,15H,3,17H2,1-2H3,(H,18,20). The molecule has 0 saturated carbocycles. The maximum atomic E-state index is 12.1. The van der Waals surface area contributed by atoms with Crippen LogP contribution in [-0.2, 0) is 4.79 Å². The molecule has 20 heavy (non-hydrogen) atoms. The zero-order valence-electron chi connectivity index (χ0n) is 11.9. The van der Waals surface area contributed by atoms with Crippen LogP contribution < -0.4 is 11.1 Å². The molecule has 2 unspecified atom stereocenters. The number of rotatable bonds is 5. The van der Waals surface area contributed by atoms with Gasteiger partial charge in [-0.2, -0.15) is 0 Å². The van der Waals surface area contributed by atoms with Gasteiger partial charge in [0, 0.05) is 23.8 Å². The molecule has 0 saturated heterocycles. The van der Waals surface area contributed by atoms with Crippen LogP contribution in [0.2, 0.25) is 0 Å². The molecule has 0 bridgehead atoms. The van der Waals surface area contributed by atoms with Gasteiger partial charge in [-0.15, -0.1) is 0 Å². The van der Waals surface area contributed by atoms with E-state index in [2.05, 4.69) is 5.32 Å². The molecule has 1 amide bonds. The van der Waals surface area contributed by atoms with Gasteiger partial charge < -0.3 is 15.6 Å². The second kappa shape index (κ2) is 6.39. The maximum absolute atomic E-state index is 12.1. The summed E-state index contributed by atoms with van der Waals surface area (Å²) in [5.74, 6) is 0.0339. The average Bonchev–Trinajstić information content (AvgIpc) is 3.00. The summed E-state index contributed by atoms with van der Waals surface area (Å²) in [7, 11) is 0. The van der Waals surface area contributed by atoms with Crippen LogP contribution in [0.1, 0.15) is 20.3 Å². The van der Waals surface area contributed by atoms with E-state index in [1.54, 1.807) is 0 Å². The lowest BCUT2D eigenvalue weighted by Crippen LogP contribution is -2.40. The van der Waals surface area contributed by atoms with Gasteiger partial charge in [-0.3, -0.25) is 4.79 Å². The molecule has 4 nitrogen and oxygen atoms in total. The van der Waals surface area contributed by atoms with E-state index >= 15 is 0 Å². The summed E-state index contributed by atoms with van der Waals surface area (Å²) >= 11 is 0. The van der Waals surface area contributed by atoms with Gasteiger partial charge in [0.1, 0.15) is 0 Å². The number of benzene rings is 1. The van der Waals surface area contributed by atoms with E-state index in [1.165, 1.54) is 0 Å². The average molecular weight is 271 g/mol. The van der Waals surface area contributed by atoms with Crippen molar-refractivity contribution in [1.82, 2.24) is 4.57 Å². The molecule has 0 aliphatic heterocycles. The second-order valence-electron chi connectivity index (χ2n) is 5.04. The third-order valence-corrected chi connectivity index (χ3v) is 3.58. The molecule has 106 valence electrons. The molecule has 2 aromatic rings. The number of aromatic nitrogens is 1. The number of nitrogens with two attached hydrogens (primary N) is 1. The minimum absolute atomic E-state index is 0.135. The fourth-order valence-corrected chi connectivity index (χ4v) is 1.99. The van der Waals surface area contributed by atoms with Crippen LogP contribution in [-0.4, -0.2) is 16.5 Å². The number of hydrogen-bond acceptors (Lipinski definition) is 2. The van der Waals surface area contributed by atoms with Crippen LogP contribution in [0.4, 0.5) is 5.69 Å². The van der Waals surface area contributed by atoms with Crippen molar-refractivity contribution in [3.63, 3.8) is 0 Å². The van der Waals surface area contributed by atoms with Crippen molar-refractivity contribution < 1.29 is 4.79 Å². The predicted octanol–water partition coefficient (Wildman–Crippen LogP) is 2.79. The molecule has 1 aromatic heterocycles. The number of anilines is 1. The maximum Gasteiger partial charge on any atom is 0.241 e. The minimum Gasteiger partial charge on any atom is -0.325 e. The van der Waals surface area contributed by atoms with Gasteiger partial charge in [0.25, 0.3) is 0 Å². The number of amides is 1. The van der Waals surface area contributed by atoms with Gasteiger partial charge in [-0.05, 0) is 36.2 Å². The van der Waals surface area contributed by atoms with Crippen LogP contribution in [0.5, 0.6) is 0 Å². The van der Waals surface area contributed by atoms with E-state index in [4.69, 9.17) is 5.73 Å². The minimum atomic E-state index is -0.477. The topological polar surface area (TPSA) is 60.1 Å². The Morgan fingerprint density at radius 3 is 2.65 bits per heavy atom. The molecule has 4 heteroatoms. The third-order valence-electron chi connectivity index (χ3n) is 3.58. The summed E-state index contributed by atoms with van der Waals surface area (Å²) in [6.07, 6.45) is 4.82. The molecule has 2 atom stereocenters. The molecular formula is C16H21N3O. The Bertz CT molecular complexity index is 563. The quantitative estimate of drug-likeness (QED) is 0.878. The summed E-state index contributed by atoms with van der Waals surface area (Å²) in [6.45, 7) is 4.02. The smallest absolute Gasteiger partial charge is 0.241 e. The zero-order valence-corrected chi connectivity index (χ0v) is 11.9. The Labute approximate surface area is 119 Å². The molecule has 0 aliphatic carbocycles. The number of nitrogens with one attached hydrogen (secondary N) is 1. The Balaban J connectivity index is 2.10. The number of hydrogen-bond donors (Lipinski definition) is 2. The summed E-state index contributed by atoms with van der Waals surface area (Å²) in [4.78, 5) is 12.1. The lowest BCUT2D eigenvalue weighted by atomic mass is 9.99. The summed E-state index contributed by atoms with van der Waals surface area (Å²) in [5, 5.41) is 2.88. The Morgan fingerprint density at radius 1 is 1.30 bits per heavy atom. The van der Waals surface area contributed by atoms with E-state index < -0.39 is 6.04 Å². The Morgan fingerprint density at radius 2 is 2.00 bits per heavy atom. The lowest BCUT2D eigenvalue weighted by Gasteiger charge is -2.18. The van der Waals surface area contributed by atoms with Gasteiger partial charge >= 0.3 is 0 Å². The van der Waals surface area contributed by atoms with Gasteiger partial charge in [-0.1, -0.05) is 26.3 Å². The third kappa shape index (κ3) is 3.27. The number of nitrogens with zero attached hydrogens (tertiary/aromatic N) is 1. The van der Waals surface area contributed by atoms with Crippen molar-refractivity contribution >= 4 is 11.6 Å². The lowest BCUT2D eigenvalue weighted by molar-refractivity contribution is -0.118. The van der Waals surface area contributed by atoms with Gasteiger partial charge in [0.2, 0.25) is 5.91 Å². The van der Waals surface area contributed by atoms with Crippen molar-refractivity contribution in [2.24, 2.45) is 11.7 Å². The van der Waals surface area contributed by atoms with Crippen LogP contribution >= 0.6 is 0 Å². The first-order chi connectivity index (χ1) is 9.61. The molecule has 0 aliphatic rings. The van der Waals surface area contributed by atoms with Gasteiger partial charge in [0.05, 0.1) is 6.04 Å². The molecule has 0 radical (unpaired) electrons. The van der Waals surface area contributed by atoms with Crippen molar-refractivity contribution in [3.8, 4) is 5.69 Å². The second-order valence-corrected chi connectivity index (χ2v) is 5.04. The fourth-order valence-electron chi connectivity index (χ4n) is 1.99. The highest BCUT2D eigenvalue weighted by Crippen LogP contribution is 2.16. The van der Waals surface area contributed by atoms with E-state index in [1.807, 2.05) is 67.2 Å². The van der Waals surface area contributed by atoms with Crippen LogP contribution in [0, 0.1) is 5.92 Å². The highest BCUT2D eigenvalue weighted by atomic mass is 16.2. The molecule has 1 aromatic carbocycles. The molecular weight excluding hydrogens is 250 g/mol. The number of carbonyl (C=O) groups excluding carboxylic acids is 1. The first kappa shape index (κ1) is 14.3. The van der Waals surface area contributed by atoms with Gasteiger partial charge in [-0.25, -0.2) is 0 Å². The van der Waals surface area contributed by atoms with E-state index in [0.717, 1.165) is 17.8 Å². The van der Waals surface area contributed by atoms with E-state index in [-0.39, 0.29) is 11.8 Å². The summed E-state index contributed by atoms with van der Waals surface area (Å²) in [5.41, 5.74) is 7.70. The molecule has 0 spiro atoms. The highest BCUT2D eigenvalue weighted by molar-refractivity contribution is 5.95. The first-order valence-corrected chi connectivity index (χ1v) is 6.91. The molecule has 3 N–H and O–H groups in total. The molecule has 2 rings (SSSR count). The number of carbonyl (C=O) groups is 1. The molecule has 0 fully saturated rings. The Kier molecular flexibility index (Phi) is 4.58. The summed E-state index contributed by atoms with van der Waals surface area (Å²) in [6, 6.07) is 11.2. The van der Waals surface area contributed by atoms with Crippen molar-refractivity contribution in [1.29, 1.82) is 0 Å². The molecule has 1 heterocycles. The van der Waals surface area contributed by atoms with Crippen LogP contribution in [0.25, 0.3) is 5.69 Å². The van der Waals surface area contributed by atoms with Crippen molar-refractivity contribution in [3.05, 3.63) is 48.8 Å². The Hall–Kier alpha value is -2.07. The first-order valence-electron chi connectivity index (χ1n) is 6.91. The largest absolute Gasteiger partial charge is 0.325 e. The van der Waals surface area contributed by atoms with Crippen molar-refractivity contribution in [2.75, 3.05) is 5.32 Å². The fraction of sp³-hybridized carbons (Fsp3) is 0.312. The normalized spacial score (nSPS) is 13.8. The zero-order chi connectivity index (χ0) is 14.5. The van der Waals surface area contributed by atoms with Gasteiger partial charge in [0.15, 0.2) is 0 Å². The van der Waals surface area contributed by atoms with Crippen molar-refractivity contribution in [2.45, 2.75) is 26.3 Å². The van der Waals surface area contributed by atoms with Crippen LogP contribution in [0.15, 0.2) is 48.8 Å². The van der Waals surface area contributed by atoms with E-state index in [0.29, 0.717) is 0 Å². The predicted molar refractivity (Wildman–Crippen MR) is 81.8 cm³/mol. The SMILES string of the molecule is CCC(C)C(N)C(=O)Nc1cccc(-n2cccc2)c1. The monoisotopic (exact) mass is 271 g/mol.